The maximum atomic E-state index is 6.99. The molecule has 0 saturated carbocycles. The number of para-hydroxylation sites is 2. The van der Waals surface area contributed by atoms with Gasteiger partial charge in [0.15, 0.2) is 0 Å². The van der Waals surface area contributed by atoms with Gasteiger partial charge in [-0.25, -0.2) is 0 Å². The van der Waals surface area contributed by atoms with E-state index in [1.54, 1.807) is 0 Å². The third kappa shape index (κ3) is 6.11. The molecular formula is C73H59NO2. The molecule has 3 heteroatoms. The fraction of sp³-hybridized carbons (Fsp3) is 0.178. The molecule has 2 heterocycles. The highest BCUT2D eigenvalue weighted by Gasteiger charge is 2.44. The number of benzene rings is 10. The molecule has 368 valence electrons. The standard InChI is InChI=1S/C73H59NO2/c1-70(2,3)43-27-29-44(30-28-43)74(45-31-33-49-53-39-60-55(41-59(53)72(6,7)57(49)37-45)66-56(71(60,4)5)35-36-64-67(66)51-23-15-17-25-62(51)75-64)46-32-34-50-58(38-46)73(8,9)61-40-54(48-22-14-13-21-47(48)42-19-11-10-12-20-42)69-68(65(50)61)52-24-16-18-26-63(52)76-69/h10-41H,1-9H3. The van der Waals surface area contributed by atoms with Gasteiger partial charge in [0, 0.05) is 60.4 Å². The number of nitrogens with zero attached hydrogens (tertiary/aromatic N) is 1. The van der Waals surface area contributed by atoms with Gasteiger partial charge in [0.25, 0.3) is 0 Å². The lowest BCUT2D eigenvalue weighted by atomic mass is 9.79. The molecule has 15 rings (SSSR count). The van der Waals surface area contributed by atoms with Gasteiger partial charge in [0.1, 0.15) is 22.3 Å². The van der Waals surface area contributed by atoms with Crippen molar-refractivity contribution < 1.29 is 8.83 Å². The largest absolute Gasteiger partial charge is 0.456 e. The number of hydrogen-bond acceptors (Lipinski definition) is 3. The van der Waals surface area contributed by atoms with Crippen molar-refractivity contribution in [3.05, 3.63) is 233 Å². The summed E-state index contributed by atoms with van der Waals surface area (Å²) in [6.07, 6.45) is 0. The van der Waals surface area contributed by atoms with Gasteiger partial charge in [0.05, 0.1) is 0 Å². The van der Waals surface area contributed by atoms with E-state index < -0.39 is 0 Å². The second-order valence-electron chi connectivity index (χ2n) is 24.4. The van der Waals surface area contributed by atoms with Crippen molar-refractivity contribution in [1.82, 2.24) is 0 Å². The van der Waals surface area contributed by atoms with Crippen molar-refractivity contribution in [2.24, 2.45) is 0 Å². The SMILES string of the molecule is CC(C)(C)c1ccc(N(c2ccc3c(c2)C(C)(C)c2cc4c(cc2-3)C(C)(C)c2ccc3oc5ccccc5c3c2-4)c2ccc3c(c2)C(C)(C)c2cc(-c4ccccc4-c4ccccc4)c4oc5ccccc5c4c2-3)cc1. The summed E-state index contributed by atoms with van der Waals surface area (Å²) < 4.78 is 13.5. The van der Waals surface area contributed by atoms with Crippen LogP contribution in [0.4, 0.5) is 17.1 Å². The average molecular weight is 982 g/mol. The van der Waals surface area contributed by atoms with Crippen LogP contribution in [0, 0.1) is 0 Å². The predicted molar refractivity (Wildman–Crippen MR) is 318 cm³/mol. The first kappa shape index (κ1) is 45.0. The lowest BCUT2D eigenvalue weighted by Gasteiger charge is -2.30. The van der Waals surface area contributed by atoms with Gasteiger partial charge < -0.3 is 13.7 Å². The first-order chi connectivity index (χ1) is 36.6. The van der Waals surface area contributed by atoms with Crippen LogP contribution in [0.2, 0.25) is 0 Å². The van der Waals surface area contributed by atoms with Gasteiger partial charge in [-0.15, -0.1) is 0 Å². The minimum atomic E-state index is -0.339. The van der Waals surface area contributed by atoms with Gasteiger partial charge in [-0.3, -0.25) is 0 Å². The van der Waals surface area contributed by atoms with Crippen molar-refractivity contribution in [1.29, 1.82) is 0 Å². The molecule has 3 nitrogen and oxygen atoms in total. The van der Waals surface area contributed by atoms with Crippen LogP contribution in [0.5, 0.6) is 0 Å². The van der Waals surface area contributed by atoms with E-state index in [2.05, 4.69) is 261 Å². The molecule has 10 aromatic carbocycles. The van der Waals surface area contributed by atoms with Crippen LogP contribution in [0.25, 0.3) is 99.5 Å². The molecule has 0 aliphatic heterocycles. The highest BCUT2D eigenvalue weighted by atomic mass is 16.3. The summed E-state index contributed by atoms with van der Waals surface area (Å²) in [6, 6.07) is 72.4. The lowest BCUT2D eigenvalue weighted by Crippen LogP contribution is -2.18. The van der Waals surface area contributed by atoms with Crippen LogP contribution in [-0.4, -0.2) is 0 Å². The molecule has 0 amide bonds. The van der Waals surface area contributed by atoms with E-state index in [9.17, 15) is 0 Å². The highest BCUT2D eigenvalue weighted by Crippen LogP contribution is 2.60. The van der Waals surface area contributed by atoms with Gasteiger partial charge in [-0.05, 0) is 167 Å². The van der Waals surface area contributed by atoms with Crippen molar-refractivity contribution in [2.45, 2.75) is 84.0 Å². The molecule has 3 aliphatic rings. The van der Waals surface area contributed by atoms with Crippen molar-refractivity contribution in [3.8, 4) is 55.6 Å². The van der Waals surface area contributed by atoms with Crippen molar-refractivity contribution >= 4 is 60.9 Å². The van der Waals surface area contributed by atoms with Crippen LogP contribution >= 0.6 is 0 Å². The maximum absolute atomic E-state index is 6.99. The zero-order chi connectivity index (χ0) is 51.8. The molecular weight excluding hydrogens is 923 g/mol. The van der Waals surface area contributed by atoms with Crippen LogP contribution < -0.4 is 4.90 Å². The molecule has 0 N–H and O–H groups in total. The summed E-state index contributed by atoms with van der Waals surface area (Å²) in [7, 11) is 0. The Kier molecular flexibility index (Phi) is 9.10. The summed E-state index contributed by atoms with van der Waals surface area (Å²) in [5.74, 6) is 0. The molecule has 2 aromatic heterocycles. The minimum Gasteiger partial charge on any atom is -0.456 e. The van der Waals surface area contributed by atoms with E-state index in [4.69, 9.17) is 8.83 Å². The topological polar surface area (TPSA) is 29.5 Å². The molecule has 0 bridgehead atoms. The Labute approximate surface area is 445 Å². The van der Waals surface area contributed by atoms with E-state index in [0.717, 1.165) is 50.3 Å². The Hall–Kier alpha value is -8.40. The summed E-state index contributed by atoms with van der Waals surface area (Å²) in [5.41, 5.74) is 28.2. The lowest BCUT2D eigenvalue weighted by molar-refractivity contribution is 0.590. The number of anilines is 3. The summed E-state index contributed by atoms with van der Waals surface area (Å²) in [6.45, 7) is 21.3. The van der Waals surface area contributed by atoms with E-state index in [1.165, 1.54) is 105 Å². The quantitative estimate of drug-likeness (QED) is 0.172. The summed E-state index contributed by atoms with van der Waals surface area (Å²) in [5, 5.41) is 4.73. The van der Waals surface area contributed by atoms with Gasteiger partial charge in [0.2, 0.25) is 0 Å². The third-order valence-electron chi connectivity index (χ3n) is 18.0. The van der Waals surface area contributed by atoms with E-state index in [-0.39, 0.29) is 21.7 Å². The fourth-order valence-electron chi connectivity index (χ4n) is 14.0. The molecule has 0 spiro atoms. The minimum absolute atomic E-state index is 0.0189. The highest BCUT2D eigenvalue weighted by molar-refractivity contribution is 6.20. The van der Waals surface area contributed by atoms with Crippen LogP contribution in [0.3, 0.4) is 0 Å². The Balaban J connectivity index is 0.898. The van der Waals surface area contributed by atoms with Gasteiger partial charge >= 0.3 is 0 Å². The molecule has 0 atom stereocenters. The molecule has 0 saturated heterocycles. The van der Waals surface area contributed by atoms with Crippen LogP contribution in [-0.2, 0) is 21.7 Å². The summed E-state index contributed by atoms with van der Waals surface area (Å²) in [4.78, 5) is 2.50. The monoisotopic (exact) mass is 981 g/mol. The Morgan fingerprint density at radius 1 is 0.342 bits per heavy atom. The fourth-order valence-corrected chi connectivity index (χ4v) is 14.0. The Morgan fingerprint density at radius 2 is 0.855 bits per heavy atom. The first-order valence-electron chi connectivity index (χ1n) is 27.1. The average Bonchev–Trinajstić information content (AvgIpc) is 4.38. The van der Waals surface area contributed by atoms with Gasteiger partial charge in [-0.1, -0.05) is 184 Å². The zero-order valence-corrected chi connectivity index (χ0v) is 44.7. The normalized spacial score (nSPS) is 15.2. The second-order valence-corrected chi connectivity index (χ2v) is 24.4. The predicted octanol–water partition coefficient (Wildman–Crippen LogP) is 20.5. The molecule has 12 aromatic rings. The first-order valence-corrected chi connectivity index (χ1v) is 27.1. The van der Waals surface area contributed by atoms with Crippen LogP contribution in [0.1, 0.15) is 101 Å². The third-order valence-corrected chi connectivity index (χ3v) is 18.0. The molecule has 0 unspecified atom stereocenters. The van der Waals surface area contributed by atoms with E-state index >= 15 is 0 Å². The van der Waals surface area contributed by atoms with E-state index in [0.29, 0.717) is 0 Å². The molecule has 76 heavy (non-hydrogen) atoms. The Morgan fingerprint density at radius 3 is 1.57 bits per heavy atom. The summed E-state index contributed by atoms with van der Waals surface area (Å²) >= 11 is 0. The van der Waals surface area contributed by atoms with Crippen molar-refractivity contribution in [2.75, 3.05) is 4.90 Å². The zero-order valence-electron chi connectivity index (χ0n) is 44.7. The maximum Gasteiger partial charge on any atom is 0.143 e. The number of fused-ring (bicyclic) bond motifs is 17. The van der Waals surface area contributed by atoms with E-state index in [1.807, 2.05) is 0 Å². The number of rotatable bonds is 5. The second kappa shape index (κ2) is 15.4. The van der Waals surface area contributed by atoms with Crippen molar-refractivity contribution in [3.63, 3.8) is 0 Å². The van der Waals surface area contributed by atoms with Crippen LogP contribution in [0.15, 0.2) is 203 Å². The Bertz CT molecular complexity index is 4450. The smallest absolute Gasteiger partial charge is 0.143 e. The number of furan rings is 2. The van der Waals surface area contributed by atoms with Gasteiger partial charge in [-0.2, -0.15) is 0 Å². The molecule has 0 radical (unpaired) electrons. The molecule has 0 fully saturated rings. The number of hydrogen-bond donors (Lipinski definition) is 0. The molecule has 3 aliphatic carbocycles.